The molecule has 0 bridgehead atoms. The molecule has 0 aliphatic carbocycles. The first-order valence-electron chi connectivity index (χ1n) is 3.22. The normalized spacial score (nSPS) is 10.5. The first-order chi connectivity index (χ1) is 6.06. The number of carbonyl (C=O) groups excluding carboxylic acids is 1. The summed E-state index contributed by atoms with van der Waals surface area (Å²) in [6.07, 6.45) is -3.08. The minimum absolute atomic E-state index is 0.0137. The van der Waals surface area contributed by atoms with Crippen molar-refractivity contribution < 1.29 is 18.0 Å². The Morgan fingerprint density at radius 2 is 2.08 bits per heavy atom. The summed E-state index contributed by atoms with van der Waals surface area (Å²) in [7, 11) is 0. The van der Waals surface area contributed by atoms with Crippen LogP contribution in [0.4, 0.5) is 13.2 Å². The SMILES string of the molecule is O=Cc1cc(F)[nH]c(=O)c1C(F)F. The molecule has 0 aliphatic heterocycles. The third-order valence-electron chi connectivity index (χ3n) is 1.42. The van der Waals surface area contributed by atoms with Gasteiger partial charge in [0.2, 0.25) is 0 Å². The molecule has 0 atom stereocenters. The highest BCUT2D eigenvalue weighted by molar-refractivity contribution is 5.76. The Hall–Kier alpha value is -1.59. The van der Waals surface area contributed by atoms with Gasteiger partial charge < -0.3 is 0 Å². The Bertz CT molecular complexity index is 386. The Labute approximate surface area is 70.2 Å². The highest BCUT2D eigenvalue weighted by atomic mass is 19.3. The zero-order chi connectivity index (χ0) is 10.0. The van der Waals surface area contributed by atoms with E-state index in [-0.39, 0.29) is 6.29 Å². The summed E-state index contributed by atoms with van der Waals surface area (Å²) in [5.74, 6) is -1.11. The minimum Gasteiger partial charge on any atom is -0.298 e. The fourth-order valence-electron chi connectivity index (χ4n) is 0.880. The van der Waals surface area contributed by atoms with Gasteiger partial charge in [0.1, 0.15) is 0 Å². The first-order valence-corrected chi connectivity index (χ1v) is 3.22. The number of hydrogen-bond donors (Lipinski definition) is 1. The fraction of sp³-hybridized carbons (Fsp3) is 0.143. The molecule has 0 amide bonds. The predicted molar refractivity (Wildman–Crippen MR) is 37.4 cm³/mol. The molecule has 0 aliphatic rings. The van der Waals surface area contributed by atoms with E-state index in [2.05, 4.69) is 0 Å². The maximum Gasteiger partial charge on any atom is 0.269 e. The topological polar surface area (TPSA) is 49.9 Å². The molecule has 0 saturated heterocycles. The van der Waals surface area contributed by atoms with Crippen molar-refractivity contribution in [2.75, 3.05) is 0 Å². The van der Waals surface area contributed by atoms with Gasteiger partial charge in [0.25, 0.3) is 12.0 Å². The van der Waals surface area contributed by atoms with Gasteiger partial charge in [0.05, 0.1) is 5.56 Å². The third-order valence-corrected chi connectivity index (χ3v) is 1.42. The summed E-state index contributed by atoms with van der Waals surface area (Å²) < 4.78 is 36.6. The van der Waals surface area contributed by atoms with E-state index in [9.17, 15) is 22.8 Å². The number of nitrogens with one attached hydrogen (secondary N) is 1. The lowest BCUT2D eigenvalue weighted by Gasteiger charge is -2.00. The van der Waals surface area contributed by atoms with Crippen molar-refractivity contribution in [1.29, 1.82) is 0 Å². The fourth-order valence-corrected chi connectivity index (χ4v) is 0.880. The molecule has 1 N–H and O–H groups in total. The molecule has 0 aromatic carbocycles. The number of aromatic amines is 1. The second-order valence-electron chi connectivity index (χ2n) is 2.23. The van der Waals surface area contributed by atoms with Gasteiger partial charge in [-0.1, -0.05) is 0 Å². The summed E-state index contributed by atoms with van der Waals surface area (Å²) in [6.45, 7) is 0. The smallest absolute Gasteiger partial charge is 0.269 e. The van der Waals surface area contributed by atoms with E-state index >= 15 is 0 Å². The molecule has 1 aromatic heterocycles. The molecule has 1 heterocycles. The van der Waals surface area contributed by atoms with Crippen LogP contribution in [-0.2, 0) is 0 Å². The molecule has 0 fully saturated rings. The summed E-state index contributed by atoms with van der Waals surface area (Å²) in [5.41, 5.74) is -2.91. The molecule has 13 heavy (non-hydrogen) atoms. The predicted octanol–water partition coefficient (Wildman–Crippen LogP) is 1.26. The molecule has 1 rings (SSSR count). The Balaban J connectivity index is 3.47. The number of carbonyl (C=O) groups is 1. The van der Waals surface area contributed by atoms with Crippen LogP contribution in [-0.4, -0.2) is 11.3 Å². The second kappa shape index (κ2) is 3.42. The van der Waals surface area contributed by atoms with Gasteiger partial charge in [-0.25, -0.2) is 8.78 Å². The van der Waals surface area contributed by atoms with Crippen LogP contribution in [0.15, 0.2) is 10.9 Å². The number of H-pyrrole nitrogens is 1. The Morgan fingerprint density at radius 3 is 2.54 bits per heavy atom. The van der Waals surface area contributed by atoms with Crippen molar-refractivity contribution in [1.82, 2.24) is 4.98 Å². The maximum absolute atomic E-state index is 12.4. The number of pyridine rings is 1. The molecule has 0 radical (unpaired) electrons. The van der Waals surface area contributed by atoms with E-state index in [4.69, 9.17) is 0 Å². The highest BCUT2D eigenvalue weighted by Gasteiger charge is 2.18. The molecular formula is C7H4F3NO2. The lowest BCUT2D eigenvalue weighted by atomic mass is 10.1. The van der Waals surface area contributed by atoms with Crippen molar-refractivity contribution in [2.24, 2.45) is 0 Å². The number of hydrogen-bond acceptors (Lipinski definition) is 2. The molecular weight excluding hydrogens is 187 g/mol. The van der Waals surface area contributed by atoms with Crippen LogP contribution in [0.2, 0.25) is 0 Å². The summed E-state index contributed by atoms with van der Waals surface area (Å²) in [6, 6.07) is 0.551. The zero-order valence-corrected chi connectivity index (χ0v) is 6.18. The summed E-state index contributed by atoms with van der Waals surface area (Å²) in [4.78, 5) is 22.4. The van der Waals surface area contributed by atoms with Gasteiger partial charge in [-0.3, -0.25) is 14.6 Å². The van der Waals surface area contributed by atoms with Gasteiger partial charge in [-0.05, 0) is 0 Å². The van der Waals surface area contributed by atoms with Crippen LogP contribution in [0.25, 0.3) is 0 Å². The highest BCUT2D eigenvalue weighted by Crippen LogP contribution is 2.17. The average Bonchev–Trinajstić information content (AvgIpc) is 2.01. The molecule has 70 valence electrons. The largest absolute Gasteiger partial charge is 0.298 e. The van der Waals surface area contributed by atoms with Crippen molar-refractivity contribution >= 4 is 6.29 Å². The molecule has 3 nitrogen and oxygen atoms in total. The van der Waals surface area contributed by atoms with E-state index in [0.29, 0.717) is 6.07 Å². The van der Waals surface area contributed by atoms with Crippen LogP contribution in [0, 0.1) is 5.95 Å². The van der Waals surface area contributed by atoms with Crippen LogP contribution >= 0.6 is 0 Å². The van der Waals surface area contributed by atoms with Gasteiger partial charge in [0, 0.05) is 11.6 Å². The number of aldehydes is 1. The van der Waals surface area contributed by atoms with Crippen LogP contribution < -0.4 is 5.56 Å². The van der Waals surface area contributed by atoms with Crippen molar-refractivity contribution in [2.45, 2.75) is 6.43 Å². The molecule has 0 saturated carbocycles. The van der Waals surface area contributed by atoms with Crippen molar-refractivity contribution in [3.8, 4) is 0 Å². The van der Waals surface area contributed by atoms with Crippen LogP contribution in [0.3, 0.4) is 0 Å². The minimum atomic E-state index is -3.09. The quantitative estimate of drug-likeness (QED) is 0.565. The zero-order valence-electron chi connectivity index (χ0n) is 6.18. The van der Waals surface area contributed by atoms with Gasteiger partial charge in [-0.2, -0.15) is 4.39 Å². The lowest BCUT2D eigenvalue weighted by molar-refractivity contribution is 0.110. The van der Waals surface area contributed by atoms with E-state index in [0.717, 1.165) is 0 Å². The standard InChI is InChI=1S/C7H4F3NO2/c8-4-1-3(2-12)5(6(9)10)7(13)11-4/h1-2,6H,(H,11,13). The maximum atomic E-state index is 12.4. The van der Waals surface area contributed by atoms with E-state index in [1.54, 1.807) is 0 Å². The van der Waals surface area contributed by atoms with Gasteiger partial charge in [0.15, 0.2) is 12.2 Å². The first kappa shape index (κ1) is 9.50. The Morgan fingerprint density at radius 1 is 1.46 bits per heavy atom. The number of rotatable bonds is 2. The third kappa shape index (κ3) is 1.77. The van der Waals surface area contributed by atoms with Crippen LogP contribution in [0.5, 0.6) is 0 Å². The molecule has 6 heteroatoms. The lowest BCUT2D eigenvalue weighted by Crippen LogP contribution is -2.17. The molecule has 0 unspecified atom stereocenters. The van der Waals surface area contributed by atoms with E-state index in [1.807, 2.05) is 0 Å². The summed E-state index contributed by atoms with van der Waals surface area (Å²) >= 11 is 0. The number of alkyl halides is 2. The van der Waals surface area contributed by atoms with Crippen LogP contribution in [0.1, 0.15) is 22.3 Å². The summed E-state index contributed by atoms with van der Waals surface area (Å²) in [5, 5.41) is 0. The molecule has 1 aromatic rings. The average molecular weight is 191 g/mol. The van der Waals surface area contributed by atoms with Crippen molar-refractivity contribution in [3.63, 3.8) is 0 Å². The van der Waals surface area contributed by atoms with Crippen molar-refractivity contribution in [3.05, 3.63) is 33.5 Å². The van der Waals surface area contributed by atoms with Gasteiger partial charge in [-0.15, -0.1) is 0 Å². The molecule has 0 spiro atoms. The number of halogens is 3. The second-order valence-corrected chi connectivity index (χ2v) is 2.23. The number of aromatic nitrogens is 1. The van der Waals surface area contributed by atoms with E-state index in [1.165, 1.54) is 4.98 Å². The Kier molecular flexibility index (Phi) is 2.50. The monoisotopic (exact) mass is 191 g/mol. The van der Waals surface area contributed by atoms with Gasteiger partial charge >= 0.3 is 0 Å². The van der Waals surface area contributed by atoms with E-state index < -0.39 is 29.1 Å².